The fourth-order valence-corrected chi connectivity index (χ4v) is 7.13. The van der Waals surface area contributed by atoms with Gasteiger partial charge in [0.1, 0.15) is 11.5 Å². The number of benzene rings is 4. The Morgan fingerprint density at radius 2 is 1.18 bits per heavy atom. The minimum Gasteiger partial charge on any atom is -0.420 e. The van der Waals surface area contributed by atoms with E-state index in [0.717, 1.165) is 42.4 Å². The Morgan fingerprint density at radius 3 is 1.62 bits per heavy atom. The van der Waals surface area contributed by atoms with Gasteiger partial charge in [0.25, 0.3) is 0 Å². The lowest BCUT2D eigenvalue weighted by Crippen LogP contribution is -2.13. The van der Waals surface area contributed by atoms with Crippen LogP contribution in [0.5, 0.6) is 11.5 Å². The van der Waals surface area contributed by atoms with E-state index in [-0.39, 0.29) is 0 Å². The number of aryl methyl sites for hydroxylation is 2. The highest BCUT2D eigenvalue weighted by Gasteiger charge is 2.33. The first-order chi connectivity index (χ1) is 19.3. The molecule has 0 bridgehead atoms. The summed E-state index contributed by atoms with van der Waals surface area (Å²) in [5.41, 5.74) is 3.19. The Balaban J connectivity index is 1.94. The Labute approximate surface area is 237 Å². The number of rotatable bonds is 13. The molecule has 2 unspecified atom stereocenters. The van der Waals surface area contributed by atoms with Crippen LogP contribution in [0, 0.1) is 6.92 Å². The van der Waals surface area contributed by atoms with Crippen molar-refractivity contribution >= 4 is 25.8 Å². The second kappa shape index (κ2) is 13.5. The summed E-state index contributed by atoms with van der Waals surface area (Å²) < 4.78 is 51.9. The van der Waals surface area contributed by atoms with Gasteiger partial charge in [0.05, 0.1) is 16.2 Å². The van der Waals surface area contributed by atoms with Gasteiger partial charge in [0.15, 0.2) is 0 Å². The van der Waals surface area contributed by atoms with E-state index in [1.807, 2.05) is 55.5 Å². The van der Waals surface area contributed by atoms with Gasteiger partial charge in [-0.2, -0.15) is 0 Å². The van der Waals surface area contributed by atoms with Crippen LogP contribution in [0.4, 0.5) is 0 Å². The van der Waals surface area contributed by atoms with Gasteiger partial charge >= 0.3 is 15.2 Å². The van der Waals surface area contributed by atoms with Gasteiger partial charge in [0.2, 0.25) is 0 Å². The third-order valence-corrected chi connectivity index (χ3v) is 10.3. The van der Waals surface area contributed by atoms with E-state index in [1.165, 1.54) is 14.2 Å². The maximum atomic E-state index is 14.1. The number of unbranched alkanes of at least 4 members (excludes halogenated alkanes) is 2. The summed E-state index contributed by atoms with van der Waals surface area (Å²) in [7, 11) is -4.81. The van der Waals surface area contributed by atoms with Crippen molar-refractivity contribution in [1.29, 1.82) is 0 Å². The summed E-state index contributed by atoms with van der Waals surface area (Å²) in [4.78, 5) is 0. The molecule has 40 heavy (non-hydrogen) atoms. The van der Waals surface area contributed by atoms with Crippen molar-refractivity contribution in [2.45, 2.75) is 39.5 Å². The highest BCUT2D eigenvalue weighted by atomic mass is 31.2. The Kier molecular flexibility index (Phi) is 10.1. The Hall–Kier alpha value is -3.14. The molecule has 0 aromatic heterocycles. The number of hydrogen-bond donors (Lipinski definition) is 0. The summed E-state index contributed by atoms with van der Waals surface area (Å²) in [5, 5.41) is 0.858. The third kappa shape index (κ3) is 6.95. The third-order valence-electron chi connectivity index (χ3n) is 6.56. The molecule has 210 valence electrons. The van der Waals surface area contributed by atoms with Crippen LogP contribution in [0.1, 0.15) is 37.3 Å². The predicted octanol–water partition coefficient (Wildman–Crippen LogP) is 8.48. The molecule has 4 aromatic rings. The molecule has 0 fully saturated rings. The fourth-order valence-electron chi connectivity index (χ4n) is 4.47. The summed E-state index contributed by atoms with van der Waals surface area (Å²) >= 11 is 0. The van der Waals surface area contributed by atoms with Gasteiger partial charge in [0, 0.05) is 14.2 Å². The highest BCUT2D eigenvalue weighted by Crippen LogP contribution is 2.55. The average molecular weight is 579 g/mol. The smallest absolute Gasteiger partial charge is 0.410 e. The van der Waals surface area contributed by atoms with Crippen LogP contribution in [0.25, 0.3) is 11.1 Å². The monoisotopic (exact) mass is 578 g/mol. The topological polar surface area (TPSA) is 71.1 Å². The normalized spacial score (nSPS) is 14.2. The van der Waals surface area contributed by atoms with Gasteiger partial charge in [-0.1, -0.05) is 86.0 Å². The molecular weight excluding hydrogens is 542 g/mol. The molecule has 0 spiro atoms. The Bertz CT molecular complexity index is 1420. The van der Waals surface area contributed by atoms with Gasteiger partial charge in [-0.3, -0.25) is 9.05 Å². The molecule has 0 saturated carbocycles. The summed E-state index contributed by atoms with van der Waals surface area (Å²) in [6, 6.07) is 29.3. The number of hydrogen-bond acceptors (Lipinski definition) is 6. The van der Waals surface area contributed by atoms with E-state index < -0.39 is 15.2 Å². The van der Waals surface area contributed by atoms with Gasteiger partial charge in [-0.05, 0) is 67.3 Å². The Morgan fingerprint density at radius 1 is 0.650 bits per heavy atom. The maximum Gasteiger partial charge on any atom is 0.410 e. The van der Waals surface area contributed by atoms with Crippen molar-refractivity contribution < 1.29 is 27.2 Å². The maximum absolute atomic E-state index is 14.1. The second-order valence-electron chi connectivity index (χ2n) is 9.51. The first-order valence-corrected chi connectivity index (χ1v) is 16.5. The molecule has 6 nitrogen and oxygen atoms in total. The molecule has 0 N–H and O–H groups in total. The van der Waals surface area contributed by atoms with Crippen molar-refractivity contribution in [3.05, 3.63) is 108 Å². The van der Waals surface area contributed by atoms with Crippen LogP contribution < -0.4 is 19.7 Å². The molecule has 4 aromatic carbocycles. The van der Waals surface area contributed by atoms with E-state index in [2.05, 4.69) is 6.92 Å². The van der Waals surface area contributed by atoms with Crippen molar-refractivity contribution in [3.63, 3.8) is 0 Å². The van der Waals surface area contributed by atoms with Crippen LogP contribution in [0.15, 0.2) is 97.1 Å². The van der Waals surface area contributed by atoms with Crippen molar-refractivity contribution in [2.75, 3.05) is 14.2 Å². The minimum atomic E-state index is -3.78. The second-order valence-corrected chi connectivity index (χ2v) is 13.6. The summed E-state index contributed by atoms with van der Waals surface area (Å²) in [6.07, 6.45) is 3.79. The minimum absolute atomic E-state index is 0.319. The molecule has 0 amide bonds. The molecular formula is C32H36O6P2. The molecule has 8 heteroatoms. The molecule has 0 radical (unpaired) electrons. The molecule has 0 aliphatic rings. The van der Waals surface area contributed by atoms with Crippen LogP contribution in [0.3, 0.4) is 0 Å². The lowest BCUT2D eigenvalue weighted by Gasteiger charge is -2.24. The molecule has 0 saturated heterocycles. The lowest BCUT2D eigenvalue weighted by molar-refractivity contribution is 0.330. The highest BCUT2D eigenvalue weighted by molar-refractivity contribution is 7.63. The zero-order valence-corrected chi connectivity index (χ0v) is 25.2. The summed E-state index contributed by atoms with van der Waals surface area (Å²) in [5.74, 6) is 0.638. The van der Waals surface area contributed by atoms with Gasteiger partial charge in [-0.25, -0.2) is 9.13 Å². The van der Waals surface area contributed by atoms with Crippen LogP contribution in [0.2, 0.25) is 0 Å². The largest absolute Gasteiger partial charge is 0.420 e. The SMILES string of the molecule is CCCCCc1cc(OP(=O)(OC)c2ccccc2)c(-c2cccc(C)c2)c(OP(=O)(OC)c2ccccc2)c1. The van der Waals surface area contributed by atoms with E-state index in [4.69, 9.17) is 18.1 Å². The van der Waals surface area contributed by atoms with Crippen molar-refractivity contribution in [3.8, 4) is 22.6 Å². The quantitative estimate of drug-likeness (QED) is 0.117. The molecule has 0 heterocycles. The zero-order chi connectivity index (χ0) is 28.6. The van der Waals surface area contributed by atoms with Crippen molar-refractivity contribution in [1.82, 2.24) is 0 Å². The summed E-state index contributed by atoms with van der Waals surface area (Å²) in [6.45, 7) is 4.13. The van der Waals surface area contributed by atoms with Crippen molar-refractivity contribution in [2.24, 2.45) is 0 Å². The van der Waals surface area contributed by atoms with E-state index in [1.54, 1.807) is 48.5 Å². The lowest BCUT2D eigenvalue weighted by atomic mass is 9.98. The van der Waals surface area contributed by atoms with Gasteiger partial charge in [-0.15, -0.1) is 0 Å². The molecule has 0 aliphatic heterocycles. The molecule has 0 aliphatic carbocycles. The van der Waals surface area contributed by atoms with E-state index in [0.29, 0.717) is 27.7 Å². The predicted molar refractivity (Wildman–Crippen MR) is 162 cm³/mol. The average Bonchev–Trinajstić information content (AvgIpc) is 2.98. The first-order valence-electron chi connectivity index (χ1n) is 13.4. The first kappa shape index (κ1) is 29.8. The van der Waals surface area contributed by atoms with E-state index in [9.17, 15) is 9.13 Å². The van der Waals surface area contributed by atoms with Gasteiger partial charge < -0.3 is 9.05 Å². The fraction of sp³-hybridized carbons (Fsp3) is 0.250. The molecule has 2 atom stereocenters. The molecule has 4 rings (SSSR count). The van der Waals surface area contributed by atoms with E-state index >= 15 is 0 Å². The van der Waals surface area contributed by atoms with Crippen LogP contribution in [-0.4, -0.2) is 14.2 Å². The standard InChI is InChI=1S/C32H36O6P2/c1-5-6-9-16-26-23-30(37-39(33,35-3)28-18-10-7-11-19-28)32(27-17-14-15-25(2)22-27)31(24-26)38-40(34,36-4)29-20-12-8-13-21-29/h7-8,10-15,17-24H,5-6,9,16H2,1-4H3. The zero-order valence-electron chi connectivity index (χ0n) is 23.4. The van der Waals surface area contributed by atoms with Crippen LogP contribution >= 0.6 is 15.2 Å². The van der Waals surface area contributed by atoms with Crippen LogP contribution in [-0.2, 0) is 24.6 Å².